The lowest BCUT2D eigenvalue weighted by atomic mass is 9.92. The topological polar surface area (TPSA) is 64.0 Å². The Labute approximate surface area is 151 Å². The summed E-state index contributed by atoms with van der Waals surface area (Å²) in [6.07, 6.45) is 0. The third-order valence-electron chi connectivity index (χ3n) is 4.33. The van der Waals surface area contributed by atoms with Crippen molar-refractivity contribution in [1.29, 1.82) is 0 Å². The molecule has 1 aromatic carbocycles. The zero-order valence-corrected chi connectivity index (χ0v) is 15.8. The van der Waals surface area contributed by atoms with Crippen molar-refractivity contribution in [2.45, 2.75) is 44.8 Å². The maximum Gasteiger partial charge on any atom is 0.254 e. The summed E-state index contributed by atoms with van der Waals surface area (Å²) in [4.78, 5) is 29.7. The summed E-state index contributed by atoms with van der Waals surface area (Å²) >= 11 is 1.48. The second-order valence-corrected chi connectivity index (χ2v) is 8.42. The molecule has 3 rings (SSSR count). The van der Waals surface area contributed by atoms with Crippen LogP contribution in [0.5, 0.6) is 0 Å². The van der Waals surface area contributed by atoms with Crippen molar-refractivity contribution in [2.75, 3.05) is 11.1 Å². The summed E-state index contributed by atoms with van der Waals surface area (Å²) in [6.45, 7) is 8.45. The number of para-hydroxylation sites is 1. The van der Waals surface area contributed by atoms with E-state index in [1.807, 2.05) is 52.0 Å². The molecule has 0 spiro atoms. The van der Waals surface area contributed by atoms with E-state index in [0.717, 1.165) is 16.9 Å². The number of rotatable bonds is 2. The van der Waals surface area contributed by atoms with Gasteiger partial charge in [0.05, 0.1) is 11.6 Å². The Morgan fingerprint density at radius 2 is 2.04 bits per heavy atom. The summed E-state index contributed by atoms with van der Waals surface area (Å²) in [5.74, 6) is 0.314. The molecular formula is C19H23N3O2S. The lowest BCUT2D eigenvalue weighted by Gasteiger charge is -2.26. The Morgan fingerprint density at radius 3 is 2.72 bits per heavy atom. The highest BCUT2D eigenvalue weighted by atomic mass is 32.2. The number of hydrogen-bond donors (Lipinski definition) is 1. The van der Waals surface area contributed by atoms with Gasteiger partial charge in [-0.1, -0.05) is 50.7 Å². The molecule has 1 aromatic heterocycles. The summed E-state index contributed by atoms with van der Waals surface area (Å²) in [6, 6.07) is 9.28. The Balaban J connectivity index is 1.81. The molecule has 1 aliphatic rings. The van der Waals surface area contributed by atoms with Crippen LogP contribution >= 0.6 is 11.8 Å². The van der Waals surface area contributed by atoms with Gasteiger partial charge in [0.2, 0.25) is 5.91 Å². The van der Waals surface area contributed by atoms with Crippen LogP contribution in [0, 0.1) is 12.8 Å². The first-order chi connectivity index (χ1) is 11.8. The largest absolute Gasteiger partial charge is 0.326 e. The van der Waals surface area contributed by atoms with Gasteiger partial charge in [-0.15, -0.1) is 0 Å². The molecule has 0 radical (unpaired) electrons. The number of hydrogen-bond acceptors (Lipinski definition) is 4. The van der Waals surface area contributed by atoms with Gasteiger partial charge in [0.1, 0.15) is 0 Å². The number of thioether (sulfide) groups is 1. The van der Waals surface area contributed by atoms with Gasteiger partial charge in [-0.25, -0.2) is 4.98 Å². The molecule has 0 saturated carbocycles. The molecule has 1 N–H and O–H groups in total. The van der Waals surface area contributed by atoms with E-state index < -0.39 is 0 Å². The third kappa shape index (κ3) is 3.79. The van der Waals surface area contributed by atoms with Gasteiger partial charge in [-0.3, -0.25) is 14.2 Å². The van der Waals surface area contributed by atoms with Crippen molar-refractivity contribution in [3.8, 4) is 0 Å². The molecule has 2 aromatic rings. The molecule has 25 heavy (non-hydrogen) atoms. The molecular weight excluding hydrogens is 334 g/mol. The van der Waals surface area contributed by atoms with Gasteiger partial charge in [-0.05, 0) is 18.6 Å². The first-order valence-corrected chi connectivity index (χ1v) is 9.36. The molecule has 0 aliphatic carbocycles. The first kappa shape index (κ1) is 17.7. The number of fused-ring (bicyclic) bond motifs is 1. The number of nitrogens with zero attached hydrogens (tertiary/aromatic N) is 2. The number of carbonyl (C=O) groups is 1. The fourth-order valence-corrected chi connectivity index (χ4v) is 3.79. The quantitative estimate of drug-likeness (QED) is 0.838. The van der Waals surface area contributed by atoms with Gasteiger partial charge in [0, 0.05) is 29.5 Å². The molecule has 1 amide bonds. The van der Waals surface area contributed by atoms with Crippen LogP contribution in [0.2, 0.25) is 0 Å². The minimum atomic E-state index is -0.253. The SMILES string of the molecule is Cc1ccccc1NC(=O)C1CSc2nc(C(C)(C)C)cc(=O)n2C1. The first-order valence-electron chi connectivity index (χ1n) is 8.37. The van der Waals surface area contributed by atoms with Crippen molar-refractivity contribution < 1.29 is 4.79 Å². The zero-order chi connectivity index (χ0) is 18.2. The highest BCUT2D eigenvalue weighted by Gasteiger charge is 2.28. The second-order valence-electron chi connectivity index (χ2n) is 7.43. The van der Waals surface area contributed by atoms with Crippen molar-refractivity contribution >= 4 is 23.4 Å². The van der Waals surface area contributed by atoms with E-state index in [1.54, 1.807) is 10.6 Å². The molecule has 0 bridgehead atoms. The lowest BCUT2D eigenvalue weighted by Crippen LogP contribution is -2.37. The molecule has 1 atom stereocenters. The highest BCUT2D eigenvalue weighted by molar-refractivity contribution is 7.99. The smallest absolute Gasteiger partial charge is 0.254 e. The number of benzene rings is 1. The fraction of sp³-hybridized carbons (Fsp3) is 0.421. The van der Waals surface area contributed by atoms with E-state index >= 15 is 0 Å². The average molecular weight is 357 g/mol. The Kier molecular flexibility index (Phi) is 4.73. The monoisotopic (exact) mass is 357 g/mol. The standard InChI is InChI=1S/C19H23N3O2S/c1-12-7-5-6-8-14(12)20-17(24)13-10-22-16(23)9-15(19(2,3)4)21-18(22)25-11-13/h5-9,13H,10-11H2,1-4H3,(H,20,24). The molecule has 1 aliphatic heterocycles. The molecule has 6 heteroatoms. The van der Waals surface area contributed by atoms with Gasteiger partial charge >= 0.3 is 0 Å². The van der Waals surface area contributed by atoms with E-state index in [0.29, 0.717) is 17.5 Å². The van der Waals surface area contributed by atoms with E-state index in [1.165, 1.54) is 11.8 Å². The molecule has 132 valence electrons. The van der Waals surface area contributed by atoms with Crippen LogP contribution in [0.15, 0.2) is 40.3 Å². The normalized spacial score (nSPS) is 17.0. The van der Waals surface area contributed by atoms with E-state index in [2.05, 4.69) is 10.3 Å². The van der Waals surface area contributed by atoms with Gasteiger partial charge in [0.15, 0.2) is 5.16 Å². The Bertz CT molecular complexity index is 868. The van der Waals surface area contributed by atoms with Crippen molar-refractivity contribution in [3.05, 3.63) is 51.9 Å². The van der Waals surface area contributed by atoms with Crippen LogP contribution in [0.25, 0.3) is 0 Å². The number of aromatic nitrogens is 2. The van der Waals surface area contributed by atoms with E-state index in [4.69, 9.17) is 0 Å². The van der Waals surface area contributed by atoms with E-state index in [-0.39, 0.29) is 22.8 Å². The van der Waals surface area contributed by atoms with E-state index in [9.17, 15) is 9.59 Å². The average Bonchev–Trinajstić information content (AvgIpc) is 2.55. The molecule has 0 saturated heterocycles. The summed E-state index contributed by atoms with van der Waals surface area (Å²) in [5.41, 5.74) is 2.37. The highest BCUT2D eigenvalue weighted by Crippen LogP contribution is 2.28. The van der Waals surface area contributed by atoms with Crippen LogP contribution < -0.4 is 10.9 Å². The van der Waals surface area contributed by atoms with Gasteiger partial charge in [-0.2, -0.15) is 0 Å². The molecule has 5 nitrogen and oxygen atoms in total. The predicted molar refractivity (Wildman–Crippen MR) is 101 cm³/mol. The van der Waals surface area contributed by atoms with Crippen LogP contribution in [0.4, 0.5) is 5.69 Å². The predicted octanol–water partition coefficient (Wildman–Crippen LogP) is 3.21. The molecule has 1 unspecified atom stereocenters. The van der Waals surface area contributed by atoms with Crippen molar-refractivity contribution in [2.24, 2.45) is 5.92 Å². The Morgan fingerprint density at radius 1 is 1.32 bits per heavy atom. The van der Waals surface area contributed by atoms with Crippen LogP contribution in [-0.4, -0.2) is 21.2 Å². The second kappa shape index (κ2) is 6.67. The maximum atomic E-state index is 12.6. The molecule has 0 fully saturated rings. The van der Waals surface area contributed by atoms with Crippen LogP contribution in [0.1, 0.15) is 32.0 Å². The summed E-state index contributed by atoms with van der Waals surface area (Å²) < 4.78 is 1.62. The lowest BCUT2D eigenvalue weighted by molar-refractivity contribution is -0.119. The number of nitrogens with one attached hydrogen (secondary N) is 1. The van der Waals surface area contributed by atoms with Gasteiger partial charge in [0.25, 0.3) is 5.56 Å². The zero-order valence-electron chi connectivity index (χ0n) is 15.0. The van der Waals surface area contributed by atoms with Crippen LogP contribution in [0.3, 0.4) is 0 Å². The number of carbonyl (C=O) groups excluding carboxylic acids is 1. The Hall–Kier alpha value is -2.08. The van der Waals surface area contributed by atoms with Crippen molar-refractivity contribution in [3.63, 3.8) is 0 Å². The maximum absolute atomic E-state index is 12.6. The fourth-order valence-electron chi connectivity index (χ4n) is 2.70. The van der Waals surface area contributed by atoms with Crippen LogP contribution in [-0.2, 0) is 16.8 Å². The number of amides is 1. The number of aryl methyl sites for hydroxylation is 1. The minimum Gasteiger partial charge on any atom is -0.326 e. The summed E-state index contributed by atoms with van der Waals surface area (Å²) in [7, 11) is 0. The number of anilines is 1. The van der Waals surface area contributed by atoms with Gasteiger partial charge < -0.3 is 5.32 Å². The third-order valence-corrected chi connectivity index (χ3v) is 5.47. The van der Waals surface area contributed by atoms with Crippen molar-refractivity contribution in [1.82, 2.24) is 9.55 Å². The molecule has 2 heterocycles. The summed E-state index contributed by atoms with van der Waals surface area (Å²) in [5, 5.41) is 3.68. The minimum absolute atomic E-state index is 0.0563.